The Labute approximate surface area is 158 Å². The molecule has 0 unspecified atom stereocenters. The lowest BCUT2D eigenvalue weighted by atomic mass is 10.2. The SMILES string of the molecule is CC(=O)O[C@H](Cn1nc(C)cc1C)Cn1c2ccccc2c2ccccc21. The number of carbonyl (C=O) groups is 1. The number of hydrogen-bond donors (Lipinski definition) is 0. The van der Waals surface area contributed by atoms with E-state index in [9.17, 15) is 4.79 Å². The van der Waals surface area contributed by atoms with Crippen LogP contribution in [0.4, 0.5) is 0 Å². The Morgan fingerprint density at radius 2 is 1.59 bits per heavy atom. The van der Waals surface area contributed by atoms with E-state index in [1.54, 1.807) is 0 Å². The van der Waals surface area contributed by atoms with Crippen LogP contribution in [-0.2, 0) is 22.6 Å². The molecule has 0 bridgehead atoms. The fourth-order valence-corrected chi connectivity index (χ4v) is 3.82. The highest BCUT2D eigenvalue weighted by Crippen LogP contribution is 2.29. The minimum atomic E-state index is -0.306. The van der Waals surface area contributed by atoms with Gasteiger partial charge in [0.05, 0.1) is 18.8 Å². The highest BCUT2D eigenvalue weighted by molar-refractivity contribution is 6.07. The lowest BCUT2D eigenvalue weighted by molar-refractivity contribution is -0.147. The molecule has 4 aromatic rings. The predicted octanol–water partition coefficient (Wildman–Crippen LogP) is 4.24. The summed E-state index contributed by atoms with van der Waals surface area (Å²) in [6.45, 7) is 6.55. The van der Waals surface area contributed by atoms with Crippen LogP contribution in [0.15, 0.2) is 54.6 Å². The summed E-state index contributed by atoms with van der Waals surface area (Å²) in [6.07, 6.45) is -0.306. The maximum absolute atomic E-state index is 11.7. The monoisotopic (exact) mass is 361 g/mol. The Morgan fingerprint density at radius 1 is 1.00 bits per heavy atom. The molecular formula is C22H23N3O2. The summed E-state index contributed by atoms with van der Waals surface area (Å²) in [7, 11) is 0. The highest BCUT2D eigenvalue weighted by Gasteiger charge is 2.19. The Balaban J connectivity index is 1.76. The van der Waals surface area contributed by atoms with E-state index in [-0.39, 0.29) is 12.1 Å². The van der Waals surface area contributed by atoms with Gasteiger partial charge in [0.1, 0.15) is 6.10 Å². The molecular weight excluding hydrogens is 338 g/mol. The number of rotatable bonds is 5. The zero-order valence-electron chi connectivity index (χ0n) is 15.8. The normalized spacial score (nSPS) is 12.6. The molecule has 0 radical (unpaired) electrons. The summed E-state index contributed by atoms with van der Waals surface area (Å²) in [5, 5.41) is 6.95. The van der Waals surface area contributed by atoms with Crippen molar-refractivity contribution < 1.29 is 9.53 Å². The van der Waals surface area contributed by atoms with Gasteiger partial charge in [0.2, 0.25) is 0 Å². The van der Waals surface area contributed by atoms with Crippen molar-refractivity contribution in [1.82, 2.24) is 14.3 Å². The van der Waals surface area contributed by atoms with E-state index in [0.717, 1.165) is 22.4 Å². The van der Waals surface area contributed by atoms with Gasteiger partial charge in [0.15, 0.2) is 0 Å². The molecule has 2 heterocycles. The molecule has 2 aromatic heterocycles. The maximum Gasteiger partial charge on any atom is 0.303 e. The first-order valence-corrected chi connectivity index (χ1v) is 9.17. The van der Waals surface area contributed by atoms with Gasteiger partial charge in [-0.05, 0) is 32.0 Å². The molecule has 0 N–H and O–H groups in total. The second-order valence-corrected chi connectivity index (χ2v) is 6.99. The van der Waals surface area contributed by atoms with E-state index in [4.69, 9.17) is 4.74 Å². The van der Waals surface area contributed by atoms with Crippen LogP contribution in [0.3, 0.4) is 0 Å². The largest absolute Gasteiger partial charge is 0.459 e. The first-order chi connectivity index (χ1) is 13.0. The third kappa shape index (κ3) is 3.33. The van der Waals surface area contributed by atoms with Crippen LogP contribution in [0.5, 0.6) is 0 Å². The molecule has 0 aliphatic rings. The molecule has 0 saturated heterocycles. The topological polar surface area (TPSA) is 49.1 Å². The first kappa shape index (κ1) is 17.3. The molecule has 2 aromatic carbocycles. The summed E-state index contributed by atoms with van der Waals surface area (Å²) >= 11 is 0. The number of aryl methyl sites for hydroxylation is 2. The minimum Gasteiger partial charge on any atom is -0.459 e. The van der Waals surface area contributed by atoms with Crippen LogP contribution in [0.1, 0.15) is 18.3 Å². The number of ether oxygens (including phenoxy) is 1. The van der Waals surface area contributed by atoms with Gasteiger partial charge in [0, 0.05) is 34.4 Å². The van der Waals surface area contributed by atoms with Crippen molar-refractivity contribution in [3.05, 3.63) is 66.0 Å². The minimum absolute atomic E-state index is 0.276. The van der Waals surface area contributed by atoms with Crippen molar-refractivity contribution in [1.29, 1.82) is 0 Å². The number of para-hydroxylation sites is 2. The van der Waals surface area contributed by atoms with Gasteiger partial charge in [-0.15, -0.1) is 0 Å². The van der Waals surface area contributed by atoms with Crippen molar-refractivity contribution in [2.24, 2.45) is 0 Å². The average molecular weight is 361 g/mol. The fourth-order valence-electron chi connectivity index (χ4n) is 3.82. The van der Waals surface area contributed by atoms with Gasteiger partial charge < -0.3 is 9.30 Å². The Hall–Kier alpha value is -3.08. The van der Waals surface area contributed by atoms with Crippen molar-refractivity contribution in [2.45, 2.75) is 40.0 Å². The van der Waals surface area contributed by atoms with Crippen molar-refractivity contribution in [2.75, 3.05) is 0 Å². The predicted molar refractivity (Wildman–Crippen MR) is 107 cm³/mol. The summed E-state index contributed by atoms with van der Waals surface area (Å²) < 4.78 is 9.82. The van der Waals surface area contributed by atoms with Crippen molar-refractivity contribution in [3.63, 3.8) is 0 Å². The molecule has 138 valence electrons. The van der Waals surface area contributed by atoms with Crippen LogP contribution in [-0.4, -0.2) is 26.4 Å². The summed E-state index contributed by atoms with van der Waals surface area (Å²) in [6, 6.07) is 18.7. The Bertz CT molecular complexity index is 1070. The fraction of sp³-hybridized carbons (Fsp3) is 0.273. The molecule has 4 rings (SSSR count). The van der Waals surface area contributed by atoms with Crippen LogP contribution >= 0.6 is 0 Å². The van der Waals surface area contributed by atoms with E-state index in [2.05, 4.69) is 46.1 Å². The van der Waals surface area contributed by atoms with E-state index in [1.165, 1.54) is 17.7 Å². The number of aromatic nitrogens is 3. The zero-order valence-corrected chi connectivity index (χ0v) is 15.8. The quantitative estimate of drug-likeness (QED) is 0.500. The molecule has 5 nitrogen and oxygen atoms in total. The number of fused-ring (bicyclic) bond motifs is 3. The van der Waals surface area contributed by atoms with Gasteiger partial charge >= 0.3 is 5.97 Å². The zero-order chi connectivity index (χ0) is 19.0. The number of carbonyl (C=O) groups excluding carboxylic acids is 1. The van der Waals surface area contributed by atoms with Crippen molar-refractivity contribution in [3.8, 4) is 0 Å². The van der Waals surface area contributed by atoms with Crippen molar-refractivity contribution >= 4 is 27.8 Å². The van der Waals surface area contributed by atoms with E-state index < -0.39 is 0 Å². The lowest BCUT2D eigenvalue weighted by Gasteiger charge is -2.20. The first-order valence-electron chi connectivity index (χ1n) is 9.17. The summed E-state index contributed by atoms with van der Waals surface area (Å²) in [4.78, 5) is 11.7. The van der Waals surface area contributed by atoms with Gasteiger partial charge in [0.25, 0.3) is 0 Å². The molecule has 0 spiro atoms. The van der Waals surface area contributed by atoms with Gasteiger partial charge in [-0.1, -0.05) is 36.4 Å². The molecule has 0 amide bonds. The standard InChI is InChI=1S/C22H23N3O2/c1-15-12-16(2)25(23-15)14-18(27-17(3)26)13-24-21-10-6-4-8-19(21)20-9-5-7-11-22(20)24/h4-12,18H,13-14H2,1-3H3/t18-/m0/s1. The smallest absolute Gasteiger partial charge is 0.303 e. The van der Waals surface area contributed by atoms with E-state index in [0.29, 0.717) is 13.1 Å². The van der Waals surface area contributed by atoms with Crippen LogP contribution in [0.2, 0.25) is 0 Å². The maximum atomic E-state index is 11.7. The second-order valence-electron chi connectivity index (χ2n) is 6.99. The van der Waals surface area contributed by atoms with E-state index in [1.807, 2.05) is 36.7 Å². The number of benzene rings is 2. The average Bonchev–Trinajstić information content (AvgIpc) is 3.12. The Morgan fingerprint density at radius 3 is 2.11 bits per heavy atom. The van der Waals surface area contributed by atoms with Gasteiger partial charge in [-0.2, -0.15) is 5.10 Å². The third-order valence-electron chi connectivity index (χ3n) is 4.88. The molecule has 0 fully saturated rings. The second kappa shape index (κ2) is 6.91. The number of nitrogens with zero attached hydrogens (tertiary/aromatic N) is 3. The summed E-state index contributed by atoms with van der Waals surface area (Å²) in [5.74, 6) is -0.276. The van der Waals surface area contributed by atoms with Gasteiger partial charge in [-0.3, -0.25) is 9.48 Å². The van der Waals surface area contributed by atoms with E-state index >= 15 is 0 Å². The van der Waals surface area contributed by atoms with Crippen LogP contribution < -0.4 is 0 Å². The molecule has 0 saturated carbocycles. The number of hydrogen-bond acceptors (Lipinski definition) is 3. The molecule has 1 atom stereocenters. The van der Waals surface area contributed by atoms with Gasteiger partial charge in [-0.25, -0.2) is 0 Å². The highest BCUT2D eigenvalue weighted by atomic mass is 16.5. The molecule has 0 aliphatic heterocycles. The molecule has 0 aliphatic carbocycles. The molecule has 5 heteroatoms. The number of esters is 1. The summed E-state index contributed by atoms with van der Waals surface area (Å²) in [5.41, 5.74) is 4.31. The Kier molecular flexibility index (Phi) is 4.44. The lowest BCUT2D eigenvalue weighted by Crippen LogP contribution is -2.28. The van der Waals surface area contributed by atoms with Crippen LogP contribution in [0, 0.1) is 13.8 Å². The molecule has 27 heavy (non-hydrogen) atoms. The third-order valence-corrected chi connectivity index (χ3v) is 4.88. The van der Waals surface area contributed by atoms with Crippen LogP contribution in [0.25, 0.3) is 21.8 Å².